The predicted molar refractivity (Wildman–Crippen MR) is 123 cm³/mol. The number of amides is 3. The predicted octanol–water partition coefficient (Wildman–Crippen LogP) is 0.878. The third-order valence-electron chi connectivity index (χ3n) is 6.43. The highest BCUT2D eigenvalue weighted by atomic mass is 32.2. The van der Waals surface area contributed by atoms with E-state index in [9.17, 15) is 22.8 Å². The Hall–Kier alpha value is -2.46. The lowest BCUT2D eigenvalue weighted by molar-refractivity contribution is -0.139. The molecule has 1 aromatic rings. The van der Waals surface area contributed by atoms with Gasteiger partial charge in [0.2, 0.25) is 27.7 Å². The summed E-state index contributed by atoms with van der Waals surface area (Å²) in [6, 6.07) is 6.28. The van der Waals surface area contributed by atoms with E-state index in [-0.39, 0.29) is 46.4 Å². The lowest BCUT2D eigenvalue weighted by Crippen LogP contribution is -2.46. The second kappa shape index (κ2) is 9.80. The van der Waals surface area contributed by atoms with E-state index >= 15 is 0 Å². The highest BCUT2D eigenvalue weighted by Gasteiger charge is 2.41. The molecular formula is C23H34N4O5S. The van der Waals surface area contributed by atoms with Crippen LogP contribution in [0, 0.1) is 11.8 Å². The van der Waals surface area contributed by atoms with E-state index in [2.05, 4.69) is 5.32 Å². The van der Waals surface area contributed by atoms with Gasteiger partial charge in [-0.3, -0.25) is 14.4 Å². The number of piperidine rings is 1. The monoisotopic (exact) mass is 478 g/mol. The van der Waals surface area contributed by atoms with E-state index in [4.69, 9.17) is 5.14 Å². The molecular weight excluding hydrogens is 444 g/mol. The summed E-state index contributed by atoms with van der Waals surface area (Å²) < 4.78 is 22.6. The maximum absolute atomic E-state index is 12.9. The van der Waals surface area contributed by atoms with Crippen LogP contribution in [0.1, 0.15) is 45.6 Å². The number of hydrogen-bond acceptors (Lipinski definition) is 5. The zero-order chi connectivity index (χ0) is 24.4. The molecule has 0 bridgehead atoms. The van der Waals surface area contributed by atoms with Crippen molar-refractivity contribution in [2.24, 2.45) is 17.0 Å². The number of carbonyl (C=O) groups excluding carboxylic acids is 3. The lowest BCUT2D eigenvalue weighted by Gasteiger charge is -2.34. The van der Waals surface area contributed by atoms with Gasteiger partial charge in [-0.2, -0.15) is 0 Å². The van der Waals surface area contributed by atoms with Crippen LogP contribution in [0.2, 0.25) is 0 Å². The summed E-state index contributed by atoms with van der Waals surface area (Å²) in [4.78, 5) is 41.4. The van der Waals surface area contributed by atoms with E-state index in [0.717, 1.165) is 5.56 Å². The number of sulfonamides is 1. The summed E-state index contributed by atoms with van der Waals surface area (Å²) in [6.45, 7) is 7.86. The summed E-state index contributed by atoms with van der Waals surface area (Å²) in [5, 5.41) is 8.03. The molecule has 2 heterocycles. The topological polar surface area (TPSA) is 130 Å². The SMILES string of the molecule is CC(C)(C)N1CC(C(=O)N2CCC(C(=O)NCCc3ccc(S(N)(=O)=O)cc3)CC2)CC1=O. The molecule has 0 saturated carbocycles. The fraction of sp³-hybridized carbons (Fsp3) is 0.609. The molecule has 10 heteroatoms. The highest BCUT2D eigenvalue weighted by Crippen LogP contribution is 2.28. The van der Waals surface area contributed by atoms with E-state index < -0.39 is 10.0 Å². The van der Waals surface area contributed by atoms with Crippen LogP contribution < -0.4 is 10.5 Å². The summed E-state index contributed by atoms with van der Waals surface area (Å²) in [7, 11) is -3.71. The number of carbonyl (C=O) groups is 3. The van der Waals surface area contributed by atoms with E-state index in [1.54, 1.807) is 21.9 Å². The number of nitrogens with one attached hydrogen (secondary N) is 1. The van der Waals surface area contributed by atoms with Crippen LogP contribution in [-0.2, 0) is 30.8 Å². The average molecular weight is 479 g/mol. The normalized spacial score (nSPS) is 20.2. The quantitative estimate of drug-likeness (QED) is 0.627. The van der Waals surface area contributed by atoms with Gasteiger partial charge in [0.1, 0.15) is 0 Å². The smallest absolute Gasteiger partial charge is 0.238 e. The second-order valence-electron chi connectivity index (χ2n) is 9.91. The van der Waals surface area contributed by atoms with Gasteiger partial charge in [-0.1, -0.05) is 12.1 Å². The molecule has 0 spiro atoms. The lowest BCUT2D eigenvalue weighted by atomic mass is 9.94. The first-order chi connectivity index (χ1) is 15.4. The molecule has 3 rings (SSSR count). The maximum Gasteiger partial charge on any atom is 0.238 e. The Morgan fingerprint density at radius 3 is 2.21 bits per heavy atom. The molecule has 0 radical (unpaired) electrons. The van der Waals surface area contributed by atoms with Gasteiger partial charge >= 0.3 is 0 Å². The Kier molecular flexibility index (Phi) is 7.48. The van der Waals surface area contributed by atoms with Crippen molar-refractivity contribution in [1.29, 1.82) is 0 Å². The largest absolute Gasteiger partial charge is 0.356 e. The van der Waals surface area contributed by atoms with Crippen molar-refractivity contribution in [2.75, 3.05) is 26.2 Å². The van der Waals surface area contributed by atoms with Gasteiger partial charge < -0.3 is 15.1 Å². The zero-order valence-electron chi connectivity index (χ0n) is 19.5. The maximum atomic E-state index is 12.9. The Morgan fingerprint density at radius 1 is 1.09 bits per heavy atom. The highest BCUT2D eigenvalue weighted by molar-refractivity contribution is 7.89. The number of nitrogens with two attached hydrogens (primary N) is 1. The van der Waals surface area contributed by atoms with Gasteiger partial charge in [0, 0.05) is 44.1 Å². The molecule has 0 aliphatic carbocycles. The summed E-state index contributed by atoms with van der Waals surface area (Å²) in [6.07, 6.45) is 2.04. The van der Waals surface area contributed by atoms with Crippen molar-refractivity contribution >= 4 is 27.7 Å². The molecule has 0 aromatic heterocycles. The third kappa shape index (κ3) is 6.32. The van der Waals surface area contributed by atoms with Crippen molar-refractivity contribution < 1.29 is 22.8 Å². The first kappa shape index (κ1) is 25.2. The first-order valence-electron chi connectivity index (χ1n) is 11.3. The van der Waals surface area contributed by atoms with Crippen molar-refractivity contribution in [3.05, 3.63) is 29.8 Å². The Bertz CT molecular complexity index is 993. The van der Waals surface area contributed by atoms with Gasteiger partial charge in [-0.25, -0.2) is 13.6 Å². The molecule has 1 atom stereocenters. The molecule has 33 heavy (non-hydrogen) atoms. The van der Waals surface area contributed by atoms with Crippen LogP contribution in [0.3, 0.4) is 0 Å². The van der Waals surface area contributed by atoms with Crippen LogP contribution in [0.15, 0.2) is 29.2 Å². The number of nitrogens with zero attached hydrogens (tertiary/aromatic N) is 2. The first-order valence-corrected chi connectivity index (χ1v) is 12.9. The molecule has 3 amide bonds. The summed E-state index contributed by atoms with van der Waals surface area (Å²) in [5.74, 6) is -0.442. The van der Waals surface area contributed by atoms with Crippen LogP contribution >= 0.6 is 0 Å². The van der Waals surface area contributed by atoms with E-state index in [1.807, 2.05) is 20.8 Å². The molecule has 2 aliphatic heterocycles. The van der Waals surface area contributed by atoms with Crippen molar-refractivity contribution in [1.82, 2.24) is 15.1 Å². The third-order valence-corrected chi connectivity index (χ3v) is 7.36. The number of rotatable bonds is 6. The number of primary sulfonamides is 1. The minimum absolute atomic E-state index is 0.0110. The summed E-state index contributed by atoms with van der Waals surface area (Å²) in [5.41, 5.74) is 0.611. The number of likely N-dealkylation sites (tertiary alicyclic amines) is 2. The second-order valence-corrected chi connectivity index (χ2v) is 11.5. The molecule has 1 unspecified atom stereocenters. The Balaban J connectivity index is 1.42. The summed E-state index contributed by atoms with van der Waals surface area (Å²) >= 11 is 0. The van der Waals surface area contributed by atoms with Crippen molar-refractivity contribution in [2.45, 2.75) is 56.9 Å². The van der Waals surface area contributed by atoms with Crippen LogP contribution in [-0.4, -0.2) is 67.7 Å². The van der Waals surface area contributed by atoms with Gasteiger partial charge in [0.05, 0.1) is 10.8 Å². The minimum atomic E-state index is -3.71. The average Bonchev–Trinajstić information content (AvgIpc) is 3.15. The van der Waals surface area contributed by atoms with Crippen molar-refractivity contribution in [3.63, 3.8) is 0 Å². The standard InChI is InChI=1S/C23H34N4O5S/c1-23(2,3)27-15-18(14-20(27)28)22(30)26-12-9-17(10-13-26)21(29)25-11-8-16-4-6-19(7-5-16)33(24,31)32/h4-7,17-18H,8-15H2,1-3H3,(H,25,29)(H2,24,31,32). The molecule has 2 aliphatic rings. The fourth-order valence-corrected chi connectivity index (χ4v) is 4.98. The van der Waals surface area contributed by atoms with E-state index in [0.29, 0.717) is 45.4 Å². The molecule has 3 N–H and O–H groups in total. The minimum Gasteiger partial charge on any atom is -0.356 e. The van der Waals surface area contributed by atoms with Gasteiger partial charge in [0.25, 0.3) is 0 Å². The van der Waals surface area contributed by atoms with Crippen LogP contribution in [0.25, 0.3) is 0 Å². The molecule has 2 fully saturated rings. The molecule has 182 valence electrons. The van der Waals surface area contributed by atoms with Crippen LogP contribution in [0.5, 0.6) is 0 Å². The van der Waals surface area contributed by atoms with Crippen molar-refractivity contribution in [3.8, 4) is 0 Å². The zero-order valence-corrected chi connectivity index (χ0v) is 20.4. The Labute approximate surface area is 195 Å². The Morgan fingerprint density at radius 2 is 1.70 bits per heavy atom. The number of benzene rings is 1. The molecule has 9 nitrogen and oxygen atoms in total. The van der Waals surface area contributed by atoms with Gasteiger partial charge in [-0.15, -0.1) is 0 Å². The molecule has 2 saturated heterocycles. The van der Waals surface area contributed by atoms with Gasteiger partial charge in [0.15, 0.2) is 0 Å². The molecule has 1 aromatic carbocycles. The van der Waals surface area contributed by atoms with E-state index in [1.165, 1.54) is 12.1 Å². The van der Waals surface area contributed by atoms with Crippen LogP contribution in [0.4, 0.5) is 0 Å². The fourth-order valence-electron chi connectivity index (χ4n) is 4.46. The number of hydrogen-bond donors (Lipinski definition) is 2. The van der Waals surface area contributed by atoms with Gasteiger partial charge in [-0.05, 0) is 57.7 Å².